The Morgan fingerprint density at radius 2 is 1.75 bits per heavy atom. The number of benzene rings is 2. The fraction of sp³-hybridized carbons (Fsp3) is 0.0625. The van der Waals surface area contributed by atoms with Crippen LogP contribution in [0.3, 0.4) is 0 Å². The quantitative estimate of drug-likeness (QED) is 0.525. The van der Waals surface area contributed by atoms with Crippen molar-refractivity contribution in [2.24, 2.45) is 0 Å². The summed E-state index contributed by atoms with van der Waals surface area (Å²) in [7, 11) is 0. The van der Waals surface area contributed by atoms with Gasteiger partial charge in [-0.05, 0) is 46.1 Å². The van der Waals surface area contributed by atoms with E-state index in [1.165, 1.54) is 0 Å². The second-order valence-corrected chi connectivity index (χ2v) is 6.29. The Morgan fingerprint density at radius 3 is 2.45 bits per heavy atom. The van der Waals surface area contributed by atoms with Gasteiger partial charge < -0.3 is 4.42 Å². The van der Waals surface area contributed by atoms with Crippen LogP contribution in [-0.4, -0.2) is 0 Å². The average Bonchev–Trinajstić information content (AvgIpc) is 2.42. The van der Waals surface area contributed by atoms with Crippen LogP contribution >= 0.6 is 31.9 Å². The Bertz CT molecular complexity index is 852. The minimum Gasteiger partial charge on any atom is -0.421 e. The van der Waals surface area contributed by atoms with Crippen molar-refractivity contribution in [3.8, 4) is 11.1 Å². The molecule has 1 aromatic heterocycles. The molecule has 3 rings (SSSR count). The maximum absolute atomic E-state index is 12.3. The molecular weight excluding hydrogens is 384 g/mol. The molecule has 0 atom stereocenters. The summed E-state index contributed by atoms with van der Waals surface area (Å²) < 4.78 is 7.19. The molecule has 0 aliphatic carbocycles. The van der Waals surface area contributed by atoms with Gasteiger partial charge in [-0.2, -0.15) is 0 Å². The number of fused-ring (bicyclic) bond motifs is 1. The van der Waals surface area contributed by atoms with Crippen molar-refractivity contribution in [3.05, 3.63) is 67.4 Å². The van der Waals surface area contributed by atoms with Crippen LogP contribution < -0.4 is 5.63 Å². The molecule has 0 spiro atoms. The maximum atomic E-state index is 12.3. The van der Waals surface area contributed by atoms with E-state index in [9.17, 15) is 4.79 Å². The van der Waals surface area contributed by atoms with Crippen LogP contribution in [0.25, 0.3) is 22.1 Å². The molecule has 0 aliphatic heterocycles. The Labute approximate surface area is 132 Å². The van der Waals surface area contributed by atoms with Crippen molar-refractivity contribution in [1.82, 2.24) is 0 Å². The first-order valence-electron chi connectivity index (χ1n) is 6.06. The molecule has 3 aromatic rings. The number of halogens is 2. The molecule has 0 saturated carbocycles. The van der Waals surface area contributed by atoms with Gasteiger partial charge in [0.2, 0.25) is 0 Å². The summed E-state index contributed by atoms with van der Waals surface area (Å²) in [4.78, 5) is 12.3. The van der Waals surface area contributed by atoms with E-state index in [-0.39, 0.29) is 5.63 Å². The molecule has 2 nitrogen and oxygen atoms in total. The van der Waals surface area contributed by atoms with Gasteiger partial charge in [0.25, 0.3) is 0 Å². The summed E-state index contributed by atoms with van der Waals surface area (Å²) in [6, 6.07) is 13.4. The number of rotatable bonds is 1. The highest BCUT2D eigenvalue weighted by Crippen LogP contribution is 2.33. The molecule has 0 N–H and O–H groups in total. The molecule has 0 saturated heterocycles. The summed E-state index contributed by atoms with van der Waals surface area (Å²) in [5, 5.41) is 0.921. The summed E-state index contributed by atoms with van der Waals surface area (Å²) in [5.74, 6) is 0. The van der Waals surface area contributed by atoms with Gasteiger partial charge in [0, 0.05) is 9.86 Å². The lowest BCUT2D eigenvalue weighted by Gasteiger charge is -2.09. The van der Waals surface area contributed by atoms with Crippen molar-refractivity contribution < 1.29 is 4.42 Å². The lowest BCUT2D eigenvalue weighted by atomic mass is 10.00. The van der Waals surface area contributed by atoms with Gasteiger partial charge in [-0.25, -0.2) is 4.79 Å². The molecule has 4 heteroatoms. The molecule has 0 unspecified atom stereocenters. The van der Waals surface area contributed by atoms with Crippen molar-refractivity contribution in [2.75, 3.05) is 0 Å². The minimum absolute atomic E-state index is 0.316. The van der Waals surface area contributed by atoms with Gasteiger partial charge in [-0.1, -0.05) is 46.3 Å². The molecule has 0 fully saturated rings. The number of aryl methyl sites for hydroxylation is 1. The second kappa shape index (κ2) is 5.19. The van der Waals surface area contributed by atoms with E-state index in [1.54, 1.807) is 0 Å². The van der Waals surface area contributed by atoms with Crippen molar-refractivity contribution in [1.29, 1.82) is 0 Å². The molecule has 1 heterocycles. The number of hydrogen-bond acceptors (Lipinski definition) is 2. The average molecular weight is 394 g/mol. The van der Waals surface area contributed by atoms with Crippen molar-refractivity contribution in [2.45, 2.75) is 6.92 Å². The summed E-state index contributed by atoms with van der Waals surface area (Å²) in [5.41, 5.74) is 2.67. The van der Waals surface area contributed by atoms with Crippen molar-refractivity contribution >= 4 is 42.8 Å². The van der Waals surface area contributed by atoms with Crippen LogP contribution in [0, 0.1) is 6.92 Å². The Balaban J connectivity index is 2.44. The van der Waals surface area contributed by atoms with Gasteiger partial charge in [0.05, 0.1) is 10.0 Å². The number of hydrogen-bond donors (Lipinski definition) is 0. The van der Waals surface area contributed by atoms with E-state index < -0.39 is 0 Å². The monoisotopic (exact) mass is 392 g/mol. The predicted octanol–water partition coefficient (Wildman–Crippen LogP) is 5.29. The van der Waals surface area contributed by atoms with Crippen LogP contribution in [0.1, 0.15) is 5.56 Å². The predicted molar refractivity (Wildman–Crippen MR) is 88.1 cm³/mol. The zero-order valence-corrected chi connectivity index (χ0v) is 13.8. The lowest BCUT2D eigenvalue weighted by Crippen LogP contribution is -2.06. The van der Waals surface area contributed by atoms with Gasteiger partial charge >= 0.3 is 5.63 Å². The first kappa shape index (κ1) is 13.6. The SMILES string of the molecule is Cc1c(-c2ccccc2)c(=O)oc2c(Br)cc(Br)cc12. The normalized spacial score (nSPS) is 10.9. The third-order valence-electron chi connectivity index (χ3n) is 3.25. The molecular formula is C16H10Br2O2. The van der Waals surface area contributed by atoms with Gasteiger partial charge in [0.15, 0.2) is 5.58 Å². The zero-order valence-electron chi connectivity index (χ0n) is 10.6. The molecule has 2 aromatic carbocycles. The van der Waals surface area contributed by atoms with Gasteiger partial charge in [0.1, 0.15) is 0 Å². The minimum atomic E-state index is -0.316. The highest BCUT2D eigenvalue weighted by atomic mass is 79.9. The fourth-order valence-electron chi connectivity index (χ4n) is 2.31. The highest BCUT2D eigenvalue weighted by molar-refractivity contribution is 9.11. The van der Waals surface area contributed by atoms with E-state index in [2.05, 4.69) is 31.9 Å². The third kappa shape index (κ3) is 2.23. The lowest BCUT2D eigenvalue weighted by molar-refractivity contribution is 0.560. The van der Waals surface area contributed by atoms with Crippen LogP contribution in [0.15, 0.2) is 60.6 Å². The van der Waals surface area contributed by atoms with Gasteiger partial charge in [-0.15, -0.1) is 0 Å². The first-order valence-corrected chi connectivity index (χ1v) is 7.64. The van der Waals surface area contributed by atoms with Crippen LogP contribution in [0.5, 0.6) is 0 Å². The van der Waals surface area contributed by atoms with Crippen LogP contribution in [-0.2, 0) is 0 Å². The highest BCUT2D eigenvalue weighted by Gasteiger charge is 2.15. The molecule has 0 bridgehead atoms. The molecule has 0 aliphatic rings. The van der Waals surface area contributed by atoms with Crippen molar-refractivity contribution in [3.63, 3.8) is 0 Å². The maximum Gasteiger partial charge on any atom is 0.344 e. The Hall–Kier alpha value is -1.39. The smallest absolute Gasteiger partial charge is 0.344 e. The molecule has 0 amide bonds. The molecule has 100 valence electrons. The zero-order chi connectivity index (χ0) is 14.3. The fourth-order valence-corrected chi connectivity index (χ4v) is 3.62. The largest absolute Gasteiger partial charge is 0.421 e. The molecule has 0 radical (unpaired) electrons. The van der Waals surface area contributed by atoms with Gasteiger partial charge in [-0.3, -0.25) is 0 Å². The van der Waals surface area contributed by atoms with E-state index in [0.717, 1.165) is 25.5 Å². The van der Waals surface area contributed by atoms with Crippen LogP contribution in [0.4, 0.5) is 0 Å². The molecule has 20 heavy (non-hydrogen) atoms. The second-order valence-electron chi connectivity index (χ2n) is 4.52. The Morgan fingerprint density at radius 1 is 1.05 bits per heavy atom. The third-order valence-corrected chi connectivity index (χ3v) is 4.30. The van der Waals surface area contributed by atoms with E-state index >= 15 is 0 Å². The summed E-state index contributed by atoms with van der Waals surface area (Å²) in [6.45, 7) is 1.94. The standard InChI is InChI=1S/C16H10Br2O2/c1-9-12-7-11(17)8-13(18)15(12)20-16(19)14(9)10-5-3-2-4-6-10/h2-8H,1H3. The van der Waals surface area contributed by atoms with E-state index in [4.69, 9.17) is 4.42 Å². The first-order chi connectivity index (χ1) is 9.58. The Kier molecular flexibility index (Phi) is 3.52. The summed E-state index contributed by atoms with van der Waals surface area (Å²) >= 11 is 6.90. The summed E-state index contributed by atoms with van der Waals surface area (Å²) in [6.07, 6.45) is 0. The van der Waals surface area contributed by atoms with E-state index in [0.29, 0.717) is 11.1 Å². The van der Waals surface area contributed by atoms with Crippen LogP contribution in [0.2, 0.25) is 0 Å². The topological polar surface area (TPSA) is 30.2 Å². The van der Waals surface area contributed by atoms with E-state index in [1.807, 2.05) is 49.4 Å².